The molecule has 7 nitrogen and oxygen atoms in total. The monoisotopic (exact) mass is 304 g/mol. The molecule has 1 saturated heterocycles. The summed E-state index contributed by atoms with van der Waals surface area (Å²) < 4.78 is 5.30. The van der Waals surface area contributed by atoms with Crippen molar-refractivity contribution in [2.75, 3.05) is 25.0 Å². The highest BCUT2D eigenvalue weighted by molar-refractivity contribution is 5.99. The molecule has 0 aliphatic carbocycles. The van der Waals surface area contributed by atoms with Gasteiger partial charge in [0.1, 0.15) is 5.75 Å². The average Bonchev–Trinajstić information content (AvgIpc) is 2.53. The molecule has 116 valence electrons. The van der Waals surface area contributed by atoms with E-state index in [1.807, 2.05) is 0 Å². The number of anilines is 1. The number of carboxylic acid groups (broad SMARTS) is 1. The van der Waals surface area contributed by atoms with Crippen LogP contribution < -0.4 is 10.1 Å². The summed E-state index contributed by atoms with van der Waals surface area (Å²) in [4.78, 5) is 36.3. The van der Waals surface area contributed by atoms with Crippen molar-refractivity contribution < 1.29 is 24.2 Å². The van der Waals surface area contributed by atoms with Gasteiger partial charge in [0.05, 0.1) is 11.6 Å². The van der Waals surface area contributed by atoms with Crippen molar-refractivity contribution in [3.63, 3.8) is 0 Å². The van der Waals surface area contributed by atoms with Gasteiger partial charge in [-0.25, -0.2) is 0 Å². The number of carbonyl (C=O) groups excluding carboxylic acids is 2. The Morgan fingerprint density at radius 2 is 2.00 bits per heavy atom. The van der Waals surface area contributed by atoms with Crippen LogP contribution in [0.4, 0.5) is 5.69 Å². The molecule has 0 unspecified atom stereocenters. The molecule has 3 rings (SSSR count). The van der Waals surface area contributed by atoms with Crippen molar-refractivity contribution in [3.8, 4) is 5.75 Å². The molecule has 1 aromatic carbocycles. The van der Waals surface area contributed by atoms with E-state index >= 15 is 0 Å². The Bertz CT molecular complexity index is 635. The van der Waals surface area contributed by atoms with Gasteiger partial charge in [0.25, 0.3) is 11.8 Å². The molecule has 2 aliphatic rings. The SMILES string of the molecule is O=C1COc2cc(C(=O)N3CCC(C(=O)O)CC3)ccc2N1. The maximum Gasteiger partial charge on any atom is 0.306 e. The summed E-state index contributed by atoms with van der Waals surface area (Å²) >= 11 is 0. The molecule has 2 heterocycles. The van der Waals surface area contributed by atoms with Crippen molar-refractivity contribution >= 4 is 23.5 Å². The molecule has 0 aromatic heterocycles. The summed E-state index contributed by atoms with van der Waals surface area (Å²) in [7, 11) is 0. The number of aliphatic carboxylic acids is 1. The lowest BCUT2D eigenvalue weighted by Gasteiger charge is -2.30. The lowest BCUT2D eigenvalue weighted by Crippen LogP contribution is -2.40. The smallest absolute Gasteiger partial charge is 0.306 e. The molecular formula is C15H16N2O5. The van der Waals surface area contributed by atoms with Crippen LogP contribution in [-0.2, 0) is 9.59 Å². The van der Waals surface area contributed by atoms with Crippen molar-refractivity contribution in [2.24, 2.45) is 5.92 Å². The first-order valence-electron chi connectivity index (χ1n) is 7.13. The van der Waals surface area contributed by atoms with Crippen LogP contribution in [0.1, 0.15) is 23.2 Å². The van der Waals surface area contributed by atoms with Crippen LogP contribution in [0.15, 0.2) is 18.2 Å². The van der Waals surface area contributed by atoms with E-state index in [1.54, 1.807) is 23.1 Å². The minimum absolute atomic E-state index is 0.0609. The predicted molar refractivity (Wildman–Crippen MR) is 76.8 cm³/mol. The molecule has 0 spiro atoms. The van der Waals surface area contributed by atoms with E-state index in [0.29, 0.717) is 42.9 Å². The summed E-state index contributed by atoms with van der Waals surface area (Å²) in [5.41, 5.74) is 1.03. The molecule has 2 amide bonds. The number of carbonyl (C=O) groups is 3. The van der Waals surface area contributed by atoms with Gasteiger partial charge in [-0.05, 0) is 31.0 Å². The zero-order valence-corrected chi connectivity index (χ0v) is 11.9. The number of fused-ring (bicyclic) bond motifs is 1. The highest BCUT2D eigenvalue weighted by Crippen LogP contribution is 2.29. The molecule has 0 radical (unpaired) electrons. The number of rotatable bonds is 2. The number of benzene rings is 1. The van der Waals surface area contributed by atoms with Crippen molar-refractivity contribution in [1.82, 2.24) is 4.90 Å². The van der Waals surface area contributed by atoms with Crippen molar-refractivity contribution in [3.05, 3.63) is 23.8 Å². The molecule has 7 heteroatoms. The highest BCUT2D eigenvalue weighted by Gasteiger charge is 2.28. The van der Waals surface area contributed by atoms with E-state index in [1.165, 1.54) is 0 Å². The molecular weight excluding hydrogens is 288 g/mol. The summed E-state index contributed by atoms with van der Waals surface area (Å²) in [5.74, 6) is -1.06. The van der Waals surface area contributed by atoms with Gasteiger partial charge in [-0.3, -0.25) is 14.4 Å². The van der Waals surface area contributed by atoms with Gasteiger partial charge in [0, 0.05) is 18.7 Å². The number of piperidine rings is 1. The second kappa shape index (κ2) is 5.67. The minimum Gasteiger partial charge on any atom is -0.482 e. The van der Waals surface area contributed by atoms with Crippen molar-refractivity contribution in [2.45, 2.75) is 12.8 Å². The number of amides is 2. The molecule has 0 bridgehead atoms. The van der Waals surface area contributed by atoms with E-state index in [-0.39, 0.29) is 24.3 Å². The summed E-state index contributed by atoms with van der Waals surface area (Å²) in [5, 5.41) is 11.6. The number of hydrogen-bond acceptors (Lipinski definition) is 4. The Labute approximate surface area is 126 Å². The van der Waals surface area contributed by atoms with Gasteiger partial charge in [-0.2, -0.15) is 0 Å². The Morgan fingerprint density at radius 1 is 1.27 bits per heavy atom. The summed E-state index contributed by atoms with van der Waals surface area (Å²) in [6, 6.07) is 4.89. The Kier molecular flexibility index (Phi) is 3.70. The number of nitrogens with one attached hydrogen (secondary N) is 1. The minimum atomic E-state index is -0.801. The lowest BCUT2D eigenvalue weighted by molar-refractivity contribution is -0.143. The van der Waals surface area contributed by atoms with Gasteiger partial charge in [0.2, 0.25) is 0 Å². The summed E-state index contributed by atoms with van der Waals surface area (Å²) in [6.07, 6.45) is 0.942. The normalized spacial score (nSPS) is 18.2. The van der Waals surface area contributed by atoms with Crippen LogP contribution in [0, 0.1) is 5.92 Å². The Morgan fingerprint density at radius 3 is 2.68 bits per heavy atom. The number of likely N-dealkylation sites (tertiary alicyclic amines) is 1. The maximum atomic E-state index is 12.5. The van der Waals surface area contributed by atoms with Crippen LogP contribution in [0.25, 0.3) is 0 Å². The molecule has 1 fully saturated rings. The van der Waals surface area contributed by atoms with E-state index in [4.69, 9.17) is 9.84 Å². The lowest BCUT2D eigenvalue weighted by atomic mass is 9.96. The average molecular weight is 304 g/mol. The molecule has 2 N–H and O–H groups in total. The zero-order valence-electron chi connectivity index (χ0n) is 11.9. The van der Waals surface area contributed by atoms with E-state index < -0.39 is 5.97 Å². The van der Waals surface area contributed by atoms with Gasteiger partial charge in [-0.1, -0.05) is 0 Å². The first-order valence-corrected chi connectivity index (χ1v) is 7.13. The Hall–Kier alpha value is -2.57. The van der Waals surface area contributed by atoms with Gasteiger partial charge < -0.3 is 20.1 Å². The summed E-state index contributed by atoms with van der Waals surface area (Å²) in [6.45, 7) is 0.809. The maximum absolute atomic E-state index is 12.5. The third-order valence-electron chi connectivity index (χ3n) is 3.99. The number of ether oxygens (including phenoxy) is 1. The quantitative estimate of drug-likeness (QED) is 0.848. The highest BCUT2D eigenvalue weighted by atomic mass is 16.5. The van der Waals surface area contributed by atoms with Gasteiger partial charge in [-0.15, -0.1) is 0 Å². The van der Waals surface area contributed by atoms with Crippen LogP contribution in [0.3, 0.4) is 0 Å². The van der Waals surface area contributed by atoms with E-state index in [9.17, 15) is 14.4 Å². The third-order valence-corrected chi connectivity index (χ3v) is 3.99. The topological polar surface area (TPSA) is 95.9 Å². The van der Waals surface area contributed by atoms with Crippen LogP contribution in [0.5, 0.6) is 5.75 Å². The zero-order chi connectivity index (χ0) is 15.7. The second-order valence-electron chi connectivity index (χ2n) is 5.45. The number of carboxylic acids is 1. The number of nitrogens with zero attached hydrogens (tertiary/aromatic N) is 1. The largest absolute Gasteiger partial charge is 0.482 e. The first kappa shape index (κ1) is 14.4. The molecule has 22 heavy (non-hydrogen) atoms. The number of hydrogen-bond donors (Lipinski definition) is 2. The molecule has 2 aliphatic heterocycles. The first-order chi connectivity index (χ1) is 10.5. The molecule has 1 aromatic rings. The van der Waals surface area contributed by atoms with Crippen LogP contribution in [-0.4, -0.2) is 47.5 Å². The van der Waals surface area contributed by atoms with E-state index in [2.05, 4.69) is 5.32 Å². The van der Waals surface area contributed by atoms with Crippen molar-refractivity contribution in [1.29, 1.82) is 0 Å². The van der Waals surface area contributed by atoms with Crippen LogP contribution >= 0.6 is 0 Å². The fourth-order valence-corrected chi connectivity index (χ4v) is 2.72. The third kappa shape index (κ3) is 2.74. The van der Waals surface area contributed by atoms with Gasteiger partial charge >= 0.3 is 5.97 Å². The van der Waals surface area contributed by atoms with Crippen LogP contribution in [0.2, 0.25) is 0 Å². The molecule has 0 atom stereocenters. The molecule has 0 saturated carbocycles. The van der Waals surface area contributed by atoms with E-state index in [0.717, 1.165) is 0 Å². The predicted octanol–water partition coefficient (Wildman–Crippen LogP) is 0.954. The Balaban J connectivity index is 1.71. The fourth-order valence-electron chi connectivity index (χ4n) is 2.72. The fraction of sp³-hybridized carbons (Fsp3) is 0.400. The van der Waals surface area contributed by atoms with Gasteiger partial charge in [0.15, 0.2) is 6.61 Å². The standard InChI is InChI=1S/C15H16N2O5/c18-13-8-22-12-7-10(1-2-11(12)16-13)14(19)17-5-3-9(4-6-17)15(20)21/h1-2,7,9H,3-6,8H2,(H,16,18)(H,20,21). The second-order valence-corrected chi connectivity index (χ2v) is 5.45.